The molecule has 0 saturated heterocycles. The second-order valence-corrected chi connectivity index (χ2v) is 4.37. The Labute approximate surface area is 72.6 Å². The van der Waals surface area contributed by atoms with Gasteiger partial charge in [-0.05, 0) is 0 Å². The molecule has 0 nitrogen and oxygen atoms in total. The first kappa shape index (κ1) is 15.7. The van der Waals surface area contributed by atoms with Gasteiger partial charge in [0, 0.05) is 43.8 Å². The summed E-state index contributed by atoms with van der Waals surface area (Å²) in [6, 6.07) is 0. The molecule has 32 valence electrons. The van der Waals surface area contributed by atoms with E-state index in [9.17, 15) is 0 Å². The maximum absolute atomic E-state index is 2.19. The maximum atomic E-state index is 2.19. The van der Waals surface area contributed by atoms with Crippen molar-refractivity contribution in [2.75, 3.05) is 0 Å². The van der Waals surface area contributed by atoms with Crippen molar-refractivity contribution in [3.05, 3.63) is 0 Å². The molecule has 0 aromatic rings. The van der Waals surface area contributed by atoms with Crippen LogP contribution in [0.15, 0.2) is 0 Å². The van der Waals surface area contributed by atoms with Gasteiger partial charge in [0.05, 0.1) is 0 Å². The Morgan fingerprint density at radius 1 is 1.60 bits per heavy atom. The van der Waals surface area contributed by atoms with Crippen molar-refractivity contribution in [2.24, 2.45) is 0 Å². The van der Waals surface area contributed by atoms with Crippen LogP contribution < -0.4 is 0 Å². The molecular weight excluding hydrogens is 266 g/mol. The summed E-state index contributed by atoms with van der Waals surface area (Å²) in [5, 5.41) is 0. The summed E-state index contributed by atoms with van der Waals surface area (Å²) >= 11 is 1.39. The van der Waals surface area contributed by atoms with Gasteiger partial charge in [0.1, 0.15) is 0 Å². The van der Waals surface area contributed by atoms with Crippen LogP contribution in [0.3, 0.4) is 0 Å². The Balaban J connectivity index is -0.0000000200. The van der Waals surface area contributed by atoms with E-state index in [1.165, 1.54) is 23.0 Å². The molecule has 0 radical (unpaired) electrons. The minimum absolute atomic E-state index is 0. The van der Waals surface area contributed by atoms with Gasteiger partial charge in [-0.1, -0.05) is 0 Å². The molecule has 5 heteroatoms. The third kappa shape index (κ3) is 22.5. The SMILES string of the molecule is [BH2][Fe][SiH3].[Cd].[Ni]. The third-order valence-corrected chi connectivity index (χ3v) is 0. The normalized spacial score (nSPS) is 4.80. The van der Waals surface area contributed by atoms with E-state index in [1.54, 1.807) is 0 Å². The van der Waals surface area contributed by atoms with Crippen LogP contribution in [0.5, 0.6) is 0 Å². The fourth-order valence-corrected chi connectivity index (χ4v) is 0. The van der Waals surface area contributed by atoms with Gasteiger partial charge in [-0.2, -0.15) is 0 Å². The molecule has 0 aliphatic rings. The van der Waals surface area contributed by atoms with Crippen LogP contribution in [0.2, 0.25) is 0 Å². The van der Waals surface area contributed by atoms with Crippen LogP contribution in [-0.2, 0) is 57.9 Å². The Morgan fingerprint density at radius 2 is 1.60 bits per heavy atom. The summed E-state index contributed by atoms with van der Waals surface area (Å²) in [5.41, 5.74) is 0. The van der Waals surface area contributed by atoms with Gasteiger partial charge in [0.15, 0.2) is 0 Å². The Bertz CT molecular complexity index is 11.6. The fourth-order valence-electron chi connectivity index (χ4n) is 0. The summed E-state index contributed by atoms with van der Waals surface area (Å²) in [6.45, 7) is 2.19. The van der Waals surface area contributed by atoms with E-state index < -0.39 is 0 Å². The molecule has 0 rings (SSSR count). The van der Waals surface area contributed by atoms with Gasteiger partial charge in [-0.25, -0.2) is 0 Å². The minimum atomic E-state index is 0. The summed E-state index contributed by atoms with van der Waals surface area (Å²) in [4.78, 5) is 0. The molecular formula is H5BCdFeNiSi. The third-order valence-electron chi connectivity index (χ3n) is 0. The van der Waals surface area contributed by atoms with Gasteiger partial charge in [0.2, 0.25) is 0 Å². The van der Waals surface area contributed by atoms with Gasteiger partial charge in [-0.15, -0.1) is 0 Å². The van der Waals surface area contributed by atoms with E-state index in [0.717, 1.165) is 0 Å². The molecule has 0 spiro atoms. The van der Waals surface area contributed by atoms with Crippen LogP contribution >= 0.6 is 0 Å². The van der Waals surface area contributed by atoms with Gasteiger partial charge in [-0.3, -0.25) is 0 Å². The zero-order valence-electron chi connectivity index (χ0n) is 3.38. The molecule has 0 N–H and O–H groups in total. The summed E-state index contributed by atoms with van der Waals surface area (Å²) in [5.74, 6) is 0. The Morgan fingerprint density at radius 3 is 1.60 bits per heavy atom. The van der Waals surface area contributed by atoms with Crippen LogP contribution in [-0.4, -0.2) is 15.5 Å². The van der Waals surface area contributed by atoms with Gasteiger partial charge < -0.3 is 0 Å². The second kappa shape index (κ2) is 16.4. The van der Waals surface area contributed by atoms with E-state index in [4.69, 9.17) is 0 Å². The van der Waals surface area contributed by atoms with Crippen molar-refractivity contribution >= 4 is 15.5 Å². The van der Waals surface area contributed by atoms with E-state index in [0.29, 0.717) is 0 Å². The second-order valence-electron chi connectivity index (χ2n) is 0.354. The van der Waals surface area contributed by atoms with Crippen LogP contribution in [0.4, 0.5) is 0 Å². The summed E-state index contributed by atoms with van der Waals surface area (Å²) in [6.07, 6.45) is 0. The summed E-state index contributed by atoms with van der Waals surface area (Å²) < 4.78 is 0. The fraction of sp³-hybridized carbons (Fsp3) is 0. The average molecular weight is 271 g/mol. The average Bonchev–Trinajstić information content (AvgIpc) is 0.918. The van der Waals surface area contributed by atoms with Crippen molar-refractivity contribution in [2.45, 2.75) is 0 Å². The number of hydrogen-bond donors (Lipinski definition) is 0. The van der Waals surface area contributed by atoms with Crippen molar-refractivity contribution in [3.8, 4) is 0 Å². The van der Waals surface area contributed by atoms with E-state index in [1.807, 2.05) is 0 Å². The van der Waals surface area contributed by atoms with Crippen molar-refractivity contribution < 1.29 is 57.9 Å². The molecule has 0 unspecified atom stereocenters. The smallest absolute Gasteiger partial charge is 0 e. The number of hydrogen-bond acceptors (Lipinski definition) is 0. The molecule has 0 aromatic heterocycles. The van der Waals surface area contributed by atoms with E-state index >= 15 is 0 Å². The van der Waals surface area contributed by atoms with Crippen molar-refractivity contribution in [3.63, 3.8) is 0 Å². The minimum Gasteiger partial charge on any atom is 0 e. The maximum Gasteiger partial charge on any atom is 0 e. The molecule has 0 fully saturated rings. The van der Waals surface area contributed by atoms with Crippen molar-refractivity contribution in [1.82, 2.24) is 0 Å². The van der Waals surface area contributed by atoms with Gasteiger partial charge in [0.25, 0.3) is 0 Å². The molecule has 0 heterocycles. The molecule has 0 aliphatic heterocycles. The molecule has 0 amide bonds. The van der Waals surface area contributed by atoms with Crippen LogP contribution in [0.1, 0.15) is 0 Å². The van der Waals surface area contributed by atoms with E-state index in [-0.39, 0.29) is 43.8 Å². The predicted molar refractivity (Wildman–Crippen MR) is 18.5 cm³/mol. The molecule has 0 aliphatic carbocycles. The number of rotatable bonds is 0. The molecule has 0 saturated carbocycles. The first-order valence-corrected chi connectivity index (χ1v) is 5.83. The molecule has 5 heavy (non-hydrogen) atoms. The van der Waals surface area contributed by atoms with Gasteiger partial charge >= 0.3 is 29.7 Å². The standard InChI is InChI=1S/BH2.Cd.Fe.Ni.H3Si/h1H2;;;;1H3/q+1;;-1;;. The quantitative estimate of drug-likeness (QED) is 0.442. The molecule has 0 atom stereocenters. The predicted octanol–water partition coefficient (Wildman–Crippen LogP) is -2.11. The summed E-state index contributed by atoms with van der Waals surface area (Å²) in [7, 11) is 1.37. The van der Waals surface area contributed by atoms with E-state index in [2.05, 4.69) is 6.66 Å². The zero-order chi connectivity index (χ0) is 2.71. The molecule has 0 bridgehead atoms. The first-order chi connectivity index (χ1) is 1.41. The van der Waals surface area contributed by atoms with Crippen LogP contribution in [0.25, 0.3) is 0 Å². The van der Waals surface area contributed by atoms with Crippen LogP contribution in [0, 0.1) is 0 Å². The topological polar surface area (TPSA) is 0 Å². The monoisotopic (exact) mass is 272 g/mol. The zero-order valence-corrected chi connectivity index (χ0v) is 11.5. The van der Waals surface area contributed by atoms with Crippen molar-refractivity contribution in [1.29, 1.82) is 0 Å². The first-order valence-electron chi connectivity index (χ1n) is 0.707. The molecule has 0 aromatic carbocycles. The Kier molecular flexibility index (Phi) is 51.3. The Hall–Kier alpha value is 2.22. The largest absolute Gasteiger partial charge is 0 e.